The third-order valence-electron chi connectivity index (χ3n) is 3.44. The summed E-state index contributed by atoms with van der Waals surface area (Å²) in [6.07, 6.45) is -0.989. The van der Waals surface area contributed by atoms with Gasteiger partial charge in [-0.3, -0.25) is 4.99 Å². The van der Waals surface area contributed by atoms with Gasteiger partial charge in [0.25, 0.3) is 0 Å². The predicted octanol–water partition coefficient (Wildman–Crippen LogP) is 3.11. The molecule has 0 bridgehead atoms. The number of hydrogen-bond donors (Lipinski definition) is 3. The fourth-order valence-corrected chi connectivity index (χ4v) is 2.22. The Morgan fingerprint density at radius 1 is 1.12 bits per heavy atom. The van der Waals surface area contributed by atoms with E-state index in [2.05, 4.69) is 15.6 Å². The summed E-state index contributed by atoms with van der Waals surface area (Å²) in [4.78, 5) is 4.30. The summed E-state index contributed by atoms with van der Waals surface area (Å²) in [5.41, 5.74) is 0.245. The Hall–Kier alpha value is -1.87. The minimum Gasteiger partial charge on any atom is -0.492 e. The van der Waals surface area contributed by atoms with Crippen LogP contribution in [-0.4, -0.2) is 37.3 Å². The van der Waals surface area contributed by atoms with Gasteiger partial charge >= 0.3 is 0 Å². The second-order valence-electron chi connectivity index (χ2n) is 5.35. The second kappa shape index (κ2) is 12.5. The standard InChI is InChI=1S/C19H24FN3O2.HI/c1-2-21-19(22-12-13-25-15-8-4-3-5-9-15)23-14-18(24)16-10-6-7-11-17(16)20;/h3-11,18,24H,2,12-14H2,1H3,(H2,21,22,23);1H. The fraction of sp³-hybridized carbons (Fsp3) is 0.316. The van der Waals surface area contributed by atoms with Crippen molar-refractivity contribution in [1.29, 1.82) is 0 Å². The molecule has 142 valence electrons. The first-order valence-corrected chi connectivity index (χ1v) is 8.33. The van der Waals surface area contributed by atoms with Crippen molar-refractivity contribution in [2.45, 2.75) is 13.0 Å². The summed E-state index contributed by atoms with van der Waals surface area (Å²) in [7, 11) is 0. The average Bonchev–Trinajstić information content (AvgIpc) is 2.64. The number of aliphatic hydroxyl groups excluding tert-OH is 1. The van der Waals surface area contributed by atoms with Gasteiger partial charge in [-0.25, -0.2) is 4.39 Å². The third kappa shape index (κ3) is 7.57. The lowest BCUT2D eigenvalue weighted by Gasteiger charge is -2.14. The Labute approximate surface area is 170 Å². The van der Waals surface area contributed by atoms with Crippen LogP contribution < -0.4 is 15.4 Å². The van der Waals surface area contributed by atoms with Crippen molar-refractivity contribution >= 4 is 29.9 Å². The summed E-state index contributed by atoms with van der Waals surface area (Å²) in [5.74, 6) is 0.926. The van der Waals surface area contributed by atoms with Gasteiger partial charge in [-0.15, -0.1) is 24.0 Å². The van der Waals surface area contributed by atoms with Crippen LogP contribution in [0.5, 0.6) is 5.75 Å². The van der Waals surface area contributed by atoms with E-state index in [4.69, 9.17) is 4.74 Å². The van der Waals surface area contributed by atoms with Gasteiger partial charge in [-0.05, 0) is 25.1 Å². The summed E-state index contributed by atoms with van der Waals surface area (Å²) >= 11 is 0. The summed E-state index contributed by atoms with van der Waals surface area (Å²) in [6, 6.07) is 15.7. The molecule has 7 heteroatoms. The minimum atomic E-state index is -0.989. The van der Waals surface area contributed by atoms with Crippen molar-refractivity contribution in [3.05, 3.63) is 66.0 Å². The molecule has 0 aliphatic rings. The zero-order valence-corrected chi connectivity index (χ0v) is 17.0. The van der Waals surface area contributed by atoms with E-state index in [1.807, 2.05) is 37.3 Å². The maximum absolute atomic E-state index is 13.7. The first-order valence-electron chi connectivity index (χ1n) is 8.33. The van der Waals surface area contributed by atoms with E-state index in [1.165, 1.54) is 6.07 Å². The molecule has 0 fully saturated rings. The Morgan fingerprint density at radius 2 is 1.81 bits per heavy atom. The number of benzene rings is 2. The van der Waals surface area contributed by atoms with Gasteiger partial charge in [-0.1, -0.05) is 36.4 Å². The number of ether oxygens (including phenoxy) is 1. The molecule has 0 saturated heterocycles. The average molecular weight is 473 g/mol. The monoisotopic (exact) mass is 473 g/mol. The van der Waals surface area contributed by atoms with Crippen molar-refractivity contribution < 1.29 is 14.2 Å². The van der Waals surface area contributed by atoms with E-state index in [-0.39, 0.29) is 36.1 Å². The number of hydrogen-bond acceptors (Lipinski definition) is 3. The van der Waals surface area contributed by atoms with Gasteiger partial charge in [0, 0.05) is 12.1 Å². The molecule has 5 nitrogen and oxygen atoms in total. The smallest absolute Gasteiger partial charge is 0.191 e. The maximum atomic E-state index is 13.7. The summed E-state index contributed by atoms with van der Waals surface area (Å²) in [5, 5.41) is 16.3. The highest BCUT2D eigenvalue weighted by Crippen LogP contribution is 2.16. The number of para-hydroxylation sites is 1. The zero-order valence-electron chi connectivity index (χ0n) is 14.7. The van der Waals surface area contributed by atoms with E-state index < -0.39 is 11.9 Å². The lowest BCUT2D eigenvalue weighted by molar-refractivity contribution is 0.182. The highest BCUT2D eigenvalue weighted by molar-refractivity contribution is 14.0. The normalized spacial score (nSPS) is 12.0. The largest absolute Gasteiger partial charge is 0.492 e. The molecule has 0 saturated carbocycles. The van der Waals surface area contributed by atoms with Crippen LogP contribution in [0.25, 0.3) is 0 Å². The Morgan fingerprint density at radius 3 is 2.50 bits per heavy atom. The van der Waals surface area contributed by atoms with Gasteiger partial charge in [0.15, 0.2) is 5.96 Å². The Balaban J connectivity index is 0.00000338. The molecule has 0 aliphatic carbocycles. The van der Waals surface area contributed by atoms with Crippen LogP contribution in [0.15, 0.2) is 59.6 Å². The number of nitrogens with one attached hydrogen (secondary N) is 2. The van der Waals surface area contributed by atoms with Crippen molar-refractivity contribution in [2.75, 3.05) is 26.2 Å². The second-order valence-corrected chi connectivity index (χ2v) is 5.35. The van der Waals surface area contributed by atoms with Crippen molar-refractivity contribution in [3.8, 4) is 5.75 Å². The SMILES string of the molecule is CCNC(=NCC(O)c1ccccc1F)NCCOc1ccccc1.I. The van der Waals surface area contributed by atoms with E-state index >= 15 is 0 Å². The van der Waals surface area contributed by atoms with Crippen molar-refractivity contribution in [2.24, 2.45) is 4.99 Å². The molecule has 0 amide bonds. The molecule has 1 unspecified atom stereocenters. The van der Waals surface area contributed by atoms with Gasteiger partial charge in [0.1, 0.15) is 24.3 Å². The zero-order chi connectivity index (χ0) is 17.9. The number of nitrogens with zero attached hydrogens (tertiary/aromatic N) is 1. The van der Waals surface area contributed by atoms with Crippen LogP contribution in [0.2, 0.25) is 0 Å². The van der Waals surface area contributed by atoms with Gasteiger partial charge in [0.05, 0.1) is 13.1 Å². The van der Waals surface area contributed by atoms with Crippen LogP contribution >= 0.6 is 24.0 Å². The van der Waals surface area contributed by atoms with Crippen LogP contribution in [0.4, 0.5) is 4.39 Å². The van der Waals surface area contributed by atoms with Crippen LogP contribution in [0, 0.1) is 5.82 Å². The van der Waals surface area contributed by atoms with E-state index in [0.29, 0.717) is 25.7 Å². The molecule has 26 heavy (non-hydrogen) atoms. The molecule has 0 radical (unpaired) electrons. The van der Waals surface area contributed by atoms with Crippen molar-refractivity contribution in [1.82, 2.24) is 10.6 Å². The summed E-state index contributed by atoms with van der Waals surface area (Å²) < 4.78 is 19.3. The summed E-state index contributed by atoms with van der Waals surface area (Å²) in [6.45, 7) is 3.72. The number of aliphatic imine (C=N–C) groups is 1. The number of aliphatic hydroxyl groups is 1. The molecule has 2 aromatic rings. The Kier molecular flexibility index (Phi) is 10.6. The first-order chi connectivity index (χ1) is 12.2. The highest BCUT2D eigenvalue weighted by atomic mass is 127. The van der Waals surface area contributed by atoms with E-state index in [9.17, 15) is 9.50 Å². The third-order valence-corrected chi connectivity index (χ3v) is 3.44. The Bertz CT molecular complexity index is 671. The minimum absolute atomic E-state index is 0. The molecule has 0 heterocycles. The van der Waals surface area contributed by atoms with Gasteiger partial charge in [0.2, 0.25) is 0 Å². The highest BCUT2D eigenvalue weighted by Gasteiger charge is 2.11. The first kappa shape index (κ1) is 22.2. The topological polar surface area (TPSA) is 65.9 Å². The lowest BCUT2D eigenvalue weighted by Crippen LogP contribution is -2.39. The molecular formula is C19H25FIN3O2. The van der Waals surface area contributed by atoms with Crippen molar-refractivity contribution in [3.63, 3.8) is 0 Å². The quantitative estimate of drug-likeness (QED) is 0.239. The molecule has 0 aromatic heterocycles. The molecule has 0 aliphatic heterocycles. The number of rotatable bonds is 8. The lowest BCUT2D eigenvalue weighted by atomic mass is 10.1. The van der Waals surface area contributed by atoms with E-state index in [0.717, 1.165) is 5.75 Å². The fourth-order valence-electron chi connectivity index (χ4n) is 2.22. The molecule has 1 atom stereocenters. The van der Waals surface area contributed by atoms with Crippen LogP contribution in [0.3, 0.4) is 0 Å². The van der Waals surface area contributed by atoms with Crippen LogP contribution in [0.1, 0.15) is 18.6 Å². The van der Waals surface area contributed by atoms with Crippen LogP contribution in [-0.2, 0) is 0 Å². The van der Waals surface area contributed by atoms with Gasteiger partial charge < -0.3 is 20.5 Å². The number of guanidine groups is 1. The predicted molar refractivity (Wildman–Crippen MR) is 113 cm³/mol. The molecule has 2 rings (SSSR count). The van der Waals surface area contributed by atoms with E-state index in [1.54, 1.807) is 18.2 Å². The molecule has 3 N–H and O–H groups in total. The number of halogens is 2. The molecule has 2 aromatic carbocycles. The maximum Gasteiger partial charge on any atom is 0.191 e. The van der Waals surface area contributed by atoms with Gasteiger partial charge in [-0.2, -0.15) is 0 Å². The molecular weight excluding hydrogens is 448 g/mol. The molecule has 0 spiro atoms.